The smallest absolute Gasteiger partial charge is 0.360 e. The van der Waals surface area contributed by atoms with Crippen LogP contribution >= 0.6 is 0 Å². The molecule has 164 valence electrons. The minimum atomic E-state index is -0.539. The highest BCUT2D eigenvalue weighted by Gasteiger charge is 2.27. The predicted octanol–water partition coefficient (Wildman–Crippen LogP) is 6.70. The van der Waals surface area contributed by atoms with E-state index in [9.17, 15) is 4.79 Å². The van der Waals surface area contributed by atoms with Gasteiger partial charge >= 0.3 is 5.97 Å². The summed E-state index contributed by atoms with van der Waals surface area (Å²) in [7, 11) is 2.72. The van der Waals surface area contributed by atoms with E-state index in [1.165, 1.54) is 25.4 Å². The van der Waals surface area contributed by atoms with E-state index in [4.69, 9.17) is 14.3 Å². The van der Waals surface area contributed by atoms with Crippen molar-refractivity contribution in [2.24, 2.45) is 5.16 Å². The molecule has 0 amide bonds. The minimum absolute atomic E-state index is 0.146. The Kier molecular flexibility index (Phi) is 17.3. The molecule has 29 heavy (non-hydrogen) atoms. The highest BCUT2D eigenvalue weighted by Crippen LogP contribution is 2.32. The fraction of sp³-hybridized carbons (Fsp3) is 0.500. The fourth-order valence-corrected chi connectivity index (χ4v) is 2.36. The number of allylic oxidation sites excluding steroid dienone is 2. The molecule has 0 spiro atoms. The zero-order chi connectivity index (χ0) is 22.8. The van der Waals surface area contributed by atoms with E-state index in [0.717, 1.165) is 0 Å². The van der Waals surface area contributed by atoms with E-state index in [0.29, 0.717) is 29.9 Å². The van der Waals surface area contributed by atoms with Gasteiger partial charge in [0.2, 0.25) is 0 Å². The molecule has 5 nitrogen and oxygen atoms in total. The molecule has 0 N–H and O–H groups in total. The molecular weight excluding hydrogens is 366 g/mol. The number of carbonyl (C=O) groups excluding carboxylic acids is 1. The van der Waals surface area contributed by atoms with Crippen LogP contribution in [-0.2, 0) is 14.4 Å². The number of carbonyl (C=O) groups is 1. The first-order chi connectivity index (χ1) is 14.1. The van der Waals surface area contributed by atoms with Gasteiger partial charge in [-0.2, -0.15) is 0 Å². The second-order valence-electron chi connectivity index (χ2n) is 5.35. The number of para-hydroxylation sites is 1. The SMILES string of the molecule is CC.CC.CC.CO/N=C(/C(=O)OC)C1=C(Oc2ccccc2)CC(C)=C(C)C1. The molecule has 0 heterocycles. The van der Waals surface area contributed by atoms with Crippen molar-refractivity contribution in [3.63, 3.8) is 0 Å². The largest absolute Gasteiger partial charge is 0.464 e. The van der Waals surface area contributed by atoms with Crippen LogP contribution in [-0.4, -0.2) is 25.9 Å². The average molecular weight is 406 g/mol. The lowest BCUT2D eigenvalue weighted by molar-refractivity contribution is -0.132. The molecule has 1 aromatic rings. The molecule has 0 fully saturated rings. The highest BCUT2D eigenvalue weighted by molar-refractivity contribution is 6.43. The van der Waals surface area contributed by atoms with Crippen molar-refractivity contribution in [3.05, 3.63) is 52.8 Å². The Balaban J connectivity index is 0. The third-order valence-corrected chi connectivity index (χ3v) is 3.76. The van der Waals surface area contributed by atoms with Crippen molar-refractivity contribution in [2.75, 3.05) is 14.2 Å². The normalized spacial score (nSPS) is 13.0. The van der Waals surface area contributed by atoms with Gasteiger partial charge in [-0.3, -0.25) is 0 Å². The molecule has 0 radical (unpaired) electrons. The van der Waals surface area contributed by atoms with Crippen LogP contribution in [0, 0.1) is 0 Å². The van der Waals surface area contributed by atoms with Crippen molar-refractivity contribution in [3.8, 4) is 5.75 Å². The number of oxime groups is 1. The van der Waals surface area contributed by atoms with E-state index >= 15 is 0 Å². The van der Waals surface area contributed by atoms with Crippen LogP contribution in [0.3, 0.4) is 0 Å². The van der Waals surface area contributed by atoms with Gasteiger partial charge in [-0.1, -0.05) is 76.0 Å². The maximum Gasteiger partial charge on any atom is 0.360 e. The van der Waals surface area contributed by atoms with Gasteiger partial charge in [-0.05, 0) is 32.4 Å². The lowest BCUT2D eigenvalue weighted by Gasteiger charge is -2.23. The standard InChI is InChI=1S/C18H21NO4.3C2H6/c1-12-10-15(17(19-22-4)18(20)21-3)16(11-13(12)2)23-14-8-6-5-7-9-14;3*1-2/h5-9H,10-11H2,1-4H3;3*1-2H3/b19-17+;;;. The maximum absolute atomic E-state index is 12.0. The lowest BCUT2D eigenvalue weighted by atomic mass is 9.89. The first kappa shape index (κ1) is 28.6. The van der Waals surface area contributed by atoms with Crippen LogP contribution in [0.4, 0.5) is 0 Å². The summed E-state index contributed by atoms with van der Waals surface area (Å²) in [6, 6.07) is 9.46. The van der Waals surface area contributed by atoms with Crippen LogP contribution in [0.1, 0.15) is 68.2 Å². The van der Waals surface area contributed by atoms with Crippen molar-refractivity contribution in [1.29, 1.82) is 0 Å². The summed E-state index contributed by atoms with van der Waals surface area (Å²) in [5.74, 6) is 0.873. The van der Waals surface area contributed by atoms with E-state index in [1.54, 1.807) is 0 Å². The van der Waals surface area contributed by atoms with Crippen molar-refractivity contribution >= 4 is 11.7 Å². The lowest BCUT2D eigenvalue weighted by Crippen LogP contribution is -2.23. The predicted molar refractivity (Wildman–Crippen MR) is 122 cm³/mol. The maximum atomic E-state index is 12.0. The second-order valence-corrected chi connectivity index (χ2v) is 5.35. The van der Waals surface area contributed by atoms with E-state index < -0.39 is 5.97 Å². The van der Waals surface area contributed by atoms with Crippen LogP contribution in [0.25, 0.3) is 0 Å². The molecule has 2 rings (SSSR count). The number of hydrogen-bond acceptors (Lipinski definition) is 5. The Morgan fingerprint density at radius 2 is 1.38 bits per heavy atom. The van der Waals surface area contributed by atoms with Gasteiger partial charge in [0, 0.05) is 12.0 Å². The van der Waals surface area contributed by atoms with Gasteiger partial charge in [0.05, 0.1) is 7.11 Å². The van der Waals surface area contributed by atoms with Crippen LogP contribution in [0.2, 0.25) is 0 Å². The third-order valence-electron chi connectivity index (χ3n) is 3.76. The summed E-state index contributed by atoms with van der Waals surface area (Å²) < 4.78 is 10.8. The Morgan fingerprint density at radius 1 is 0.862 bits per heavy atom. The molecule has 0 bridgehead atoms. The Morgan fingerprint density at radius 3 is 1.86 bits per heavy atom. The number of benzene rings is 1. The minimum Gasteiger partial charge on any atom is -0.464 e. The number of esters is 1. The van der Waals surface area contributed by atoms with Gasteiger partial charge in [-0.25, -0.2) is 4.79 Å². The molecular formula is C24H39NO4. The van der Waals surface area contributed by atoms with Gasteiger partial charge in [-0.15, -0.1) is 0 Å². The number of nitrogens with zero attached hydrogens (tertiary/aromatic N) is 1. The van der Waals surface area contributed by atoms with Crippen LogP contribution in [0.5, 0.6) is 5.75 Å². The molecule has 0 saturated heterocycles. The zero-order valence-corrected chi connectivity index (χ0v) is 19.9. The molecule has 1 aliphatic rings. The van der Waals surface area contributed by atoms with Gasteiger partial charge < -0.3 is 14.3 Å². The molecule has 0 atom stereocenters. The molecule has 0 aliphatic heterocycles. The first-order valence-corrected chi connectivity index (χ1v) is 10.4. The Labute approximate surface area is 177 Å². The number of methoxy groups -OCH3 is 1. The quantitative estimate of drug-likeness (QED) is 0.237. The number of rotatable bonds is 5. The van der Waals surface area contributed by atoms with E-state index in [1.807, 2.05) is 78.8 Å². The van der Waals surface area contributed by atoms with Crippen molar-refractivity contribution in [2.45, 2.75) is 68.2 Å². The fourth-order valence-electron chi connectivity index (χ4n) is 2.36. The summed E-state index contributed by atoms with van der Waals surface area (Å²) in [5.41, 5.74) is 3.26. The monoisotopic (exact) mass is 405 g/mol. The molecule has 1 aromatic carbocycles. The molecule has 5 heteroatoms. The molecule has 0 saturated carbocycles. The van der Waals surface area contributed by atoms with Gasteiger partial charge in [0.15, 0.2) is 5.71 Å². The highest BCUT2D eigenvalue weighted by atomic mass is 16.6. The second kappa shape index (κ2) is 17.5. The summed E-state index contributed by atoms with van der Waals surface area (Å²) in [5, 5.41) is 3.85. The Hall–Kier alpha value is -2.56. The molecule has 0 aromatic heterocycles. The summed E-state index contributed by atoms with van der Waals surface area (Å²) in [4.78, 5) is 16.9. The van der Waals surface area contributed by atoms with Gasteiger partial charge in [0.25, 0.3) is 0 Å². The topological polar surface area (TPSA) is 57.1 Å². The van der Waals surface area contributed by atoms with Crippen LogP contribution < -0.4 is 4.74 Å². The zero-order valence-electron chi connectivity index (χ0n) is 19.9. The van der Waals surface area contributed by atoms with E-state index in [2.05, 4.69) is 12.1 Å². The summed E-state index contributed by atoms with van der Waals surface area (Å²) in [6.07, 6.45) is 1.20. The number of ether oxygens (including phenoxy) is 2. The summed E-state index contributed by atoms with van der Waals surface area (Å²) in [6.45, 7) is 16.1. The first-order valence-electron chi connectivity index (χ1n) is 10.4. The van der Waals surface area contributed by atoms with Crippen molar-refractivity contribution in [1.82, 2.24) is 0 Å². The number of hydrogen-bond donors (Lipinski definition) is 0. The third kappa shape index (κ3) is 9.46. The summed E-state index contributed by atoms with van der Waals surface area (Å²) >= 11 is 0. The molecule has 0 unspecified atom stereocenters. The Bertz CT molecular complexity index is 673. The van der Waals surface area contributed by atoms with Crippen molar-refractivity contribution < 1.29 is 19.1 Å². The van der Waals surface area contributed by atoms with E-state index in [-0.39, 0.29) is 5.71 Å². The molecule has 1 aliphatic carbocycles. The van der Waals surface area contributed by atoms with Crippen LogP contribution in [0.15, 0.2) is 58.0 Å². The average Bonchev–Trinajstić information content (AvgIpc) is 2.79. The van der Waals surface area contributed by atoms with Gasteiger partial charge in [0.1, 0.15) is 18.6 Å².